The van der Waals surface area contributed by atoms with E-state index in [0.717, 1.165) is 25.5 Å². The zero-order valence-corrected chi connectivity index (χ0v) is 11.5. The van der Waals surface area contributed by atoms with Crippen LogP contribution in [-0.2, 0) is 13.1 Å². The zero-order chi connectivity index (χ0) is 13.5. The Hall–Kier alpha value is -1.94. The molecule has 0 aliphatic rings. The van der Waals surface area contributed by atoms with Crippen molar-refractivity contribution < 1.29 is 0 Å². The van der Waals surface area contributed by atoms with Crippen molar-refractivity contribution in [1.82, 2.24) is 14.9 Å². The number of pyridine rings is 2. The fourth-order valence-electron chi connectivity index (χ4n) is 2.06. The van der Waals surface area contributed by atoms with Gasteiger partial charge in [0, 0.05) is 44.3 Å². The number of nitrogens with one attached hydrogen (secondary N) is 1. The summed E-state index contributed by atoms with van der Waals surface area (Å²) >= 11 is 0. The largest absolute Gasteiger partial charge is 0.373 e. The number of anilines is 1. The van der Waals surface area contributed by atoms with Gasteiger partial charge in [-0.25, -0.2) is 4.98 Å². The average molecular weight is 256 g/mol. The van der Waals surface area contributed by atoms with Gasteiger partial charge in [0.15, 0.2) is 0 Å². The summed E-state index contributed by atoms with van der Waals surface area (Å²) in [5.74, 6) is 0.954. The Morgan fingerprint density at radius 2 is 1.89 bits per heavy atom. The van der Waals surface area contributed by atoms with E-state index in [0.29, 0.717) is 0 Å². The van der Waals surface area contributed by atoms with Crippen molar-refractivity contribution in [2.45, 2.75) is 20.0 Å². The molecule has 2 aromatic rings. The molecule has 0 bridgehead atoms. The second-order valence-electron chi connectivity index (χ2n) is 4.42. The number of nitrogens with zero attached hydrogens (tertiary/aromatic N) is 3. The lowest BCUT2D eigenvalue weighted by Crippen LogP contribution is -2.23. The van der Waals surface area contributed by atoms with Gasteiger partial charge in [0.25, 0.3) is 0 Å². The maximum Gasteiger partial charge on any atom is 0.130 e. The number of rotatable bonds is 6. The third kappa shape index (κ3) is 3.76. The molecule has 4 nitrogen and oxygen atoms in total. The van der Waals surface area contributed by atoms with Crippen LogP contribution >= 0.6 is 0 Å². The highest BCUT2D eigenvalue weighted by Gasteiger charge is 2.08. The van der Waals surface area contributed by atoms with Gasteiger partial charge in [-0.05, 0) is 30.3 Å². The number of hydrogen-bond donors (Lipinski definition) is 1. The molecule has 1 N–H and O–H groups in total. The lowest BCUT2D eigenvalue weighted by Gasteiger charge is -2.21. The maximum absolute atomic E-state index is 4.34. The lowest BCUT2D eigenvalue weighted by atomic mass is 10.2. The molecule has 2 heterocycles. The van der Waals surface area contributed by atoms with E-state index in [2.05, 4.69) is 45.3 Å². The highest BCUT2D eigenvalue weighted by Crippen LogP contribution is 2.15. The van der Waals surface area contributed by atoms with E-state index in [1.807, 2.05) is 31.7 Å². The summed E-state index contributed by atoms with van der Waals surface area (Å²) in [6.45, 7) is 5.00. The second kappa shape index (κ2) is 6.85. The van der Waals surface area contributed by atoms with E-state index in [9.17, 15) is 0 Å². The summed E-state index contributed by atoms with van der Waals surface area (Å²) in [6, 6.07) is 8.22. The highest BCUT2D eigenvalue weighted by atomic mass is 15.1. The lowest BCUT2D eigenvalue weighted by molar-refractivity contribution is 0.271. The Balaban J connectivity index is 2.07. The summed E-state index contributed by atoms with van der Waals surface area (Å²) < 4.78 is 0. The van der Waals surface area contributed by atoms with Gasteiger partial charge in [0.1, 0.15) is 5.82 Å². The molecule has 4 heteroatoms. The monoisotopic (exact) mass is 256 g/mol. The molecule has 2 rings (SSSR count). The quantitative estimate of drug-likeness (QED) is 0.862. The molecule has 0 aromatic carbocycles. The minimum atomic E-state index is 0.892. The van der Waals surface area contributed by atoms with E-state index >= 15 is 0 Å². The van der Waals surface area contributed by atoms with Crippen molar-refractivity contribution >= 4 is 5.82 Å². The fourth-order valence-corrected chi connectivity index (χ4v) is 2.06. The van der Waals surface area contributed by atoms with E-state index < -0.39 is 0 Å². The zero-order valence-electron chi connectivity index (χ0n) is 11.5. The van der Waals surface area contributed by atoms with Crippen LogP contribution in [0, 0.1) is 0 Å². The molecule has 100 valence electrons. The Labute approximate surface area is 114 Å². The van der Waals surface area contributed by atoms with Gasteiger partial charge in [-0.1, -0.05) is 13.0 Å². The molecule has 0 amide bonds. The molecule has 0 saturated heterocycles. The van der Waals surface area contributed by atoms with Crippen molar-refractivity contribution in [2.24, 2.45) is 0 Å². The Morgan fingerprint density at radius 3 is 2.58 bits per heavy atom. The van der Waals surface area contributed by atoms with Gasteiger partial charge in [0.05, 0.1) is 0 Å². The third-order valence-electron chi connectivity index (χ3n) is 3.12. The van der Waals surface area contributed by atoms with Gasteiger partial charge in [0.2, 0.25) is 0 Å². The normalized spacial score (nSPS) is 10.7. The number of aromatic nitrogens is 2. The van der Waals surface area contributed by atoms with Crippen LogP contribution in [0.25, 0.3) is 0 Å². The van der Waals surface area contributed by atoms with Crippen molar-refractivity contribution in [2.75, 3.05) is 18.9 Å². The van der Waals surface area contributed by atoms with Crippen LogP contribution in [0.5, 0.6) is 0 Å². The van der Waals surface area contributed by atoms with Crippen LogP contribution in [0.1, 0.15) is 18.1 Å². The average Bonchev–Trinajstić information content (AvgIpc) is 2.48. The molecule has 0 atom stereocenters. The van der Waals surface area contributed by atoms with Crippen LogP contribution in [0.15, 0.2) is 42.9 Å². The van der Waals surface area contributed by atoms with Crippen LogP contribution in [-0.4, -0.2) is 28.5 Å². The topological polar surface area (TPSA) is 41.1 Å². The second-order valence-corrected chi connectivity index (χ2v) is 4.42. The molecule has 0 radical (unpaired) electrons. The molecule has 2 aromatic heterocycles. The predicted octanol–water partition coefficient (Wildman–Crippen LogP) is 2.54. The maximum atomic E-state index is 4.34. The summed E-state index contributed by atoms with van der Waals surface area (Å²) in [5, 5.41) is 3.14. The molecule has 19 heavy (non-hydrogen) atoms. The first-order valence-electron chi connectivity index (χ1n) is 6.56. The van der Waals surface area contributed by atoms with E-state index in [1.165, 1.54) is 11.1 Å². The SMILES string of the molecule is CCN(Cc1ccncc1)Cc1cccnc1NC. The van der Waals surface area contributed by atoms with Crippen LogP contribution in [0.4, 0.5) is 5.82 Å². The van der Waals surface area contributed by atoms with Crippen molar-refractivity contribution in [3.63, 3.8) is 0 Å². The molecule has 0 saturated carbocycles. The molecule has 0 unspecified atom stereocenters. The van der Waals surface area contributed by atoms with Gasteiger partial charge >= 0.3 is 0 Å². The van der Waals surface area contributed by atoms with E-state index in [1.54, 1.807) is 0 Å². The summed E-state index contributed by atoms with van der Waals surface area (Å²) in [6.07, 6.45) is 5.49. The highest BCUT2D eigenvalue weighted by molar-refractivity contribution is 5.42. The Kier molecular flexibility index (Phi) is 4.86. The molecule has 0 aliphatic heterocycles. The first-order chi connectivity index (χ1) is 9.33. The van der Waals surface area contributed by atoms with Gasteiger partial charge < -0.3 is 5.32 Å². The van der Waals surface area contributed by atoms with Crippen molar-refractivity contribution in [3.05, 3.63) is 54.0 Å². The molecular formula is C15H20N4. The summed E-state index contributed by atoms with van der Waals surface area (Å²) in [5.41, 5.74) is 2.51. The van der Waals surface area contributed by atoms with Crippen LogP contribution in [0.2, 0.25) is 0 Å². The van der Waals surface area contributed by atoms with Crippen molar-refractivity contribution in [1.29, 1.82) is 0 Å². The Bertz CT molecular complexity index is 499. The number of hydrogen-bond acceptors (Lipinski definition) is 4. The van der Waals surface area contributed by atoms with E-state index in [4.69, 9.17) is 0 Å². The minimum absolute atomic E-state index is 0.892. The molecular weight excluding hydrogens is 236 g/mol. The molecule has 0 fully saturated rings. The molecule has 0 aliphatic carbocycles. The standard InChI is InChI=1S/C15H20N4/c1-3-19(11-13-6-9-17-10-7-13)12-14-5-4-8-18-15(14)16-2/h4-10H,3,11-12H2,1-2H3,(H,16,18). The van der Waals surface area contributed by atoms with Gasteiger partial charge in [-0.15, -0.1) is 0 Å². The first-order valence-corrected chi connectivity index (χ1v) is 6.56. The van der Waals surface area contributed by atoms with Crippen LogP contribution in [0.3, 0.4) is 0 Å². The summed E-state index contributed by atoms with van der Waals surface area (Å²) in [7, 11) is 1.91. The first kappa shape index (κ1) is 13.5. The van der Waals surface area contributed by atoms with Crippen molar-refractivity contribution in [3.8, 4) is 0 Å². The predicted molar refractivity (Wildman–Crippen MR) is 77.8 cm³/mol. The molecule has 0 spiro atoms. The third-order valence-corrected chi connectivity index (χ3v) is 3.12. The Morgan fingerprint density at radius 1 is 1.11 bits per heavy atom. The van der Waals surface area contributed by atoms with Gasteiger partial charge in [-0.2, -0.15) is 0 Å². The fraction of sp³-hybridized carbons (Fsp3) is 0.333. The van der Waals surface area contributed by atoms with E-state index in [-0.39, 0.29) is 0 Å². The smallest absolute Gasteiger partial charge is 0.130 e. The van der Waals surface area contributed by atoms with Crippen LogP contribution < -0.4 is 5.32 Å². The minimum Gasteiger partial charge on any atom is -0.373 e. The van der Waals surface area contributed by atoms with Gasteiger partial charge in [-0.3, -0.25) is 9.88 Å². The summed E-state index contributed by atoms with van der Waals surface area (Å²) in [4.78, 5) is 10.8.